The monoisotopic (exact) mass is 317 g/mol. The quantitative estimate of drug-likeness (QED) is 0.847. The molecule has 3 rings (SSSR count). The number of hydrogen-bond donors (Lipinski definition) is 0. The maximum Gasteiger partial charge on any atom is 0.243 e. The zero-order chi connectivity index (χ0) is 15.6. The molecule has 7 nitrogen and oxygen atoms in total. The van der Waals surface area contributed by atoms with Gasteiger partial charge in [0.05, 0.1) is 22.6 Å². The van der Waals surface area contributed by atoms with E-state index >= 15 is 0 Å². The van der Waals surface area contributed by atoms with Crippen molar-refractivity contribution < 1.29 is 8.42 Å². The molecule has 1 aromatic heterocycles. The van der Waals surface area contributed by atoms with Crippen LogP contribution in [-0.4, -0.2) is 40.6 Å². The van der Waals surface area contributed by atoms with Crippen LogP contribution in [0.2, 0.25) is 0 Å². The number of aromatic nitrogens is 3. The van der Waals surface area contributed by atoms with Crippen LogP contribution in [0.5, 0.6) is 0 Å². The molecular formula is C14H15N5O2S. The van der Waals surface area contributed by atoms with Crippen LogP contribution in [0.15, 0.2) is 41.8 Å². The fourth-order valence-corrected chi connectivity index (χ4v) is 4.07. The van der Waals surface area contributed by atoms with E-state index < -0.39 is 10.0 Å². The molecule has 0 spiro atoms. The highest BCUT2D eigenvalue weighted by Gasteiger charge is 2.30. The summed E-state index contributed by atoms with van der Waals surface area (Å²) in [6.45, 7) is 0.903. The highest BCUT2D eigenvalue weighted by molar-refractivity contribution is 7.89. The van der Waals surface area contributed by atoms with Gasteiger partial charge < -0.3 is 0 Å². The van der Waals surface area contributed by atoms with E-state index in [9.17, 15) is 8.42 Å². The Morgan fingerprint density at radius 1 is 1.18 bits per heavy atom. The van der Waals surface area contributed by atoms with Crippen molar-refractivity contribution in [1.29, 1.82) is 5.26 Å². The third-order valence-electron chi connectivity index (χ3n) is 3.86. The van der Waals surface area contributed by atoms with Gasteiger partial charge in [-0.3, -0.25) is 0 Å². The molecule has 1 saturated heterocycles. The molecule has 114 valence electrons. The second-order valence-electron chi connectivity index (χ2n) is 5.15. The molecule has 8 heteroatoms. The predicted octanol–water partition coefficient (Wildman–Crippen LogP) is 1.18. The van der Waals surface area contributed by atoms with E-state index in [1.165, 1.54) is 34.9 Å². The van der Waals surface area contributed by atoms with Crippen molar-refractivity contribution in [1.82, 2.24) is 19.1 Å². The average Bonchev–Trinajstić information content (AvgIpc) is 3.09. The van der Waals surface area contributed by atoms with Crippen molar-refractivity contribution in [3.8, 4) is 6.07 Å². The van der Waals surface area contributed by atoms with Gasteiger partial charge in [-0.15, -0.1) is 0 Å². The molecule has 0 amide bonds. The molecule has 0 bridgehead atoms. The summed E-state index contributed by atoms with van der Waals surface area (Å²) >= 11 is 0. The van der Waals surface area contributed by atoms with Gasteiger partial charge in [-0.2, -0.15) is 14.7 Å². The topological polar surface area (TPSA) is 91.9 Å². The van der Waals surface area contributed by atoms with E-state index in [1.807, 2.05) is 6.07 Å². The molecule has 2 aromatic rings. The van der Waals surface area contributed by atoms with Crippen molar-refractivity contribution in [3.05, 3.63) is 42.5 Å². The summed E-state index contributed by atoms with van der Waals surface area (Å²) in [5.41, 5.74) is 0.448. The highest BCUT2D eigenvalue weighted by Crippen LogP contribution is 2.26. The summed E-state index contributed by atoms with van der Waals surface area (Å²) in [5, 5.41) is 12.9. The molecule has 0 aliphatic carbocycles. The van der Waals surface area contributed by atoms with Crippen LogP contribution in [0.25, 0.3) is 0 Å². The molecule has 2 heterocycles. The molecule has 1 aliphatic rings. The number of nitrogens with zero attached hydrogens (tertiary/aromatic N) is 5. The van der Waals surface area contributed by atoms with Crippen molar-refractivity contribution in [2.45, 2.75) is 23.8 Å². The maximum absolute atomic E-state index is 12.6. The Kier molecular flexibility index (Phi) is 3.92. The van der Waals surface area contributed by atoms with Crippen LogP contribution in [0.3, 0.4) is 0 Å². The van der Waals surface area contributed by atoms with Gasteiger partial charge in [-0.1, -0.05) is 0 Å². The molecule has 22 heavy (non-hydrogen) atoms. The first-order valence-electron chi connectivity index (χ1n) is 6.95. The van der Waals surface area contributed by atoms with Gasteiger partial charge in [-0.25, -0.2) is 18.1 Å². The van der Waals surface area contributed by atoms with Crippen LogP contribution in [-0.2, 0) is 10.0 Å². The molecule has 1 aromatic carbocycles. The van der Waals surface area contributed by atoms with E-state index in [0.29, 0.717) is 31.5 Å². The van der Waals surface area contributed by atoms with Crippen molar-refractivity contribution in [3.63, 3.8) is 0 Å². The molecule has 0 unspecified atom stereocenters. The van der Waals surface area contributed by atoms with Gasteiger partial charge in [0, 0.05) is 13.1 Å². The van der Waals surface area contributed by atoms with Gasteiger partial charge in [-0.05, 0) is 37.1 Å². The van der Waals surface area contributed by atoms with Crippen molar-refractivity contribution in [2.75, 3.05) is 13.1 Å². The third kappa shape index (κ3) is 2.73. The normalized spacial score (nSPS) is 17.2. The zero-order valence-corrected chi connectivity index (χ0v) is 12.6. The SMILES string of the molecule is N#Cc1ccc(S(=O)(=O)N2CCC(n3cncn3)CC2)cc1. The third-order valence-corrected chi connectivity index (χ3v) is 5.77. The molecule has 1 aliphatic heterocycles. The highest BCUT2D eigenvalue weighted by atomic mass is 32.2. The lowest BCUT2D eigenvalue weighted by molar-refractivity contribution is 0.260. The minimum absolute atomic E-state index is 0.190. The van der Waals surface area contributed by atoms with Gasteiger partial charge >= 0.3 is 0 Å². The van der Waals surface area contributed by atoms with Gasteiger partial charge in [0.15, 0.2) is 0 Å². The van der Waals surface area contributed by atoms with Crippen LogP contribution in [0.1, 0.15) is 24.4 Å². The molecule has 0 N–H and O–H groups in total. The standard InChI is InChI=1S/C14H15N5O2S/c15-9-12-1-3-14(4-2-12)22(20,21)18-7-5-13(6-8-18)19-11-16-10-17-19/h1-4,10-11,13H,5-8H2. The Balaban J connectivity index is 1.73. The molecule has 0 saturated carbocycles. The first-order valence-corrected chi connectivity index (χ1v) is 8.40. The first kappa shape index (κ1) is 14.7. The van der Waals surface area contributed by atoms with Crippen LogP contribution in [0, 0.1) is 11.3 Å². The summed E-state index contributed by atoms with van der Waals surface area (Å²) in [6, 6.07) is 8.19. The lowest BCUT2D eigenvalue weighted by Gasteiger charge is -2.31. The number of nitriles is 1. The number of piperidine rings is 1. The molecule has 1 fully saturated rings. The van der Waals surface area contributed by atoms with E-state index in [1.54, 1.807) is 11.0 Å². The number of benzene rings is 1. The fourth-order valence-electron chi connectivity index (χ4n) is 2.60. The lowest BCUT2D eigenvalue weighted by Crippen LogP contribution is -2.39. The van der Waals surface area contributed by atoms with E-state index in [-0.39, 0.29) is 10.9 Å². The second kappa shape index (κ2) is 5.87. The zero-order valence-electron chi connectivity index (χ0n) is 11.8. The Morgan fingerprint density at radius 2 is 1.86 bits per heavy atom. The van der Waals surface area contributed by atoms with Gasteiger partial charge in [0.1, 0.15) is 12.7 Å². The minimum Gasteiger partial charge on any atom is -0.250 e. The van der Waals surface area contributed by atoms with Crippen LogP contribution in [0.4, 0.5) is 0 Å². The Bertz CT molecular complexity index is 770. The van der Waals surface area contributed by atoms with E-state index in [0.717, 1.165) is 0 Å². The van der Waals surface area contributed by atoms with Gasteiger partial charge in [0.2, 0.25) is 10.0 Å². The minimum atomic E-state index is -3.50. The van der Waals surface area contributed by atoms with Crippen LogP contribution >= 0.6 is 0 Å². The Labute approximate surface area is 128 Å². The Hall–Kier alpha value is -2.24. The van der Waals surface area contributed by atoms with Gasteiger partial charge in [0.25, 0.3) is 0 Å². The molecule has 0 radical (unpaired) electrons. The van der Waals surface area contributed by atoms with Crippen LogP contribution < -0.4 is 0 Å². The lowest BCUT2D eigenvalue weighted by atomic mass is 10.1. The number of rotatable bonds is 3. The summed E-state index contributed by atoms with van der Waals surface area (Å²) in [4.78, 5) is 4.15. The predicted molar refractivity (Wildman–Crippen MR) is 78.2 cm³/mol. The van der Waals surface area contributed by atoms with Crippen molar-refractivity contribution in [2.24, 2.45) is 0 Å². The molecule has 0 atom stereocenters. The smallest absolute Gasteiger partial charge is 0.243 e. The first-order chi connectivity index (χ1) is 10.6. The fraction of sp³-hybridized carbons (Fsp3) is 0.357. The van der Waals surface area contributed by atoms with Crippen molar-refractivity contribution >= 4 is 10.0 Å². The maximum atomic E-state index is 12.6. The Morgan fingerprint density at radius 3 is 2.41 bits per heavy atom. The summed E-state index contributed by atoms with van der Waals surface area (Å²) in [6.07, 6.45) is 4.56. The second-order valence-corrected chi connectivity index (χ2v) is 7.08. The van der Waals surface area contributed by atoms with E-state index in [4.69, 9.17) is 5.26 Å². The number of sulfonamides is 1. The van der Waals surface area contributed by atoms with E-state index in [2.05, 4.69) is 10.1 Å². The summed E-state index contributed by atoms with van der Waals surface area (Å²) in [5.74, 6) is 0. The molecular weight excluding hydrogens is 302 g/mol. The largest absolute Gasteiger partial charge is 0.250 e. The average molecular weight is 317 g/mol. The number of hydrogen-bond acceptors (Lipinski definition) is 5. The summed E-state index contributed by atoms with van der Waals surface area (Å²) in [7, 11) is -3.50. The summed E-state index contributed by atoms with van der Waals surface area (Å²) < 4.78 is 28.4.